The quantitative estimate of drug-likeness (QED) is 0.608. The Bertz CT molecular complexity index is 472. The van der Waals surface area contributed by atoms with Crippen molar-refractivity contribution in [3.8, 4) is 0 Å². The first-order chi connectivity index (χ1) is 9.71. The maximum atomic E-state index is 15.2. The van der Waals surface area contributed by atoms with Crippen LogP contribution in [-0.2, 0) is 4.79 Å². The zero-order valence-corrected chi connectivity index (χ0v) is 14.0. The van der Waals surface area contributed by atoms with Crippen LogP contribution in [0, 0.1) is 11.3 Å². The Labute approximate surface area is 128 Å². The monoisotopic (exact) mass is 293 g/mol. The van der Waals surface area contributed by atoms with Gasteiger partial charge >= 0.3 is 0 Å². The molecule has 1 aliphatic carbocycles. The molecule has 3 unspecified atom stereocenters. The van der Waals surface area contributed by atoms with Crippen LogP contribution in [0.5, 0.6) is 0 Å². The van der Waals surface area contributed by atoms with E-state index in [1.54, 1.807) is 6.92 Å². The summed E-state index contributed by atoms with van der Waals surface area (Å²) in [6, 6.07) is -0.318. The second-order valence-electron chi connectivity index (χ2n) is 6.74. The summed E-state index contributed by atoms with van der Waals surface area (Å²) in [6.07, 6.45) is 9.04. The SMILES string of the molecule is C\C=C/C=C1/C(=C\C)C(C)(C)CC(C)(F)C(C)C1NC=O. The predicted octanol–water partition coefficient (Wildman–Crippen LogP) is 4.34. The molecule has 0 spiro atoms. The number of nitrogens with one attached hydrogen (secondary N) is 1. The van der Waals surface area contributed by atoms with Gasteiger partial charge in [-0.15, -0.1) is 0 Å². The van der Waals surface area contributed by atoms with E-state index in [-0.39, 0.29) is 17.4 Å². The highest BCUT2D eigenvalue weighted by Crippen LogP contribution is 2.49. The van der Waals surface area contributed by atoms with E-state index in [0.29, 0.717) is 12.8 Å². The molecule has 2 nitrogen and oxygen atoms in total. The molecule has 21 heavy (non-hydrogen) atoms. The third-order valence-corrected chi connectivity index (χ3v) is 4.62. The molecule has 0 aromatic heterocycles. The minimum Gasteiger partial charge on any atom is -0.351 e. The molecule has 0 saturated heterocycles. The lowest BCUT2D eigenvalue weighted by molar-refractivity contribution is -0.110. The third-order valence-electron chi connectivity index (χ3n) is 4.62. The maximum absolute atomic E-state index is 15.2. The Balaban J connectivity index is 3.53. The number of alkyl halides is 1. The van der Waals surface area contributed by atoms with Gasteiger partial charge in [0.15, 0.2) is 0 Å². The first-order valence-electron chi connectivity index (χ1n) is 7.60. The van der Waals surface area contributed by atoms with Gasteiger partial charge in [0, 0.05) is 5.92 Å². The average Bonchev–Trinajstić information content (AvgIpc) is 2.43. The Morgan fingerprint density at radius 2 is 1.90 bits per heavy atom. The number of amides is 1. The van der Waals surface area contributed by atoms with Gasteiger partial charge in [0.05, 0.1) is 6.04 Å². The number of carbonyl (C=O) groups excluding carboxylic acids is 1. The molecule has 118 valence electrons. The highest BCUT2D eigenvalue weighted by Gasteiger charge is 2.47. The second-order valence-corrected chi connectivity index (χ2v) is 6.74. The van der Waals surface area contributed by atoms with Crippen LogP contribution in [0.3, 0.4) is 0 Å². The largest absolute Gasteiger partial charge is 0.351 e. The summed E-state index contributed by atoms with van der Waals surface area (Å²) < 4.78 is 15.2. The first-order valence-corrected chi connectivity index (χ1v) is 7.60. The molecule has 0 aromatic carbocycles. The Hall–Kier alpha value is -1.38. The van der Waals surface area contributed by atoms with Gasteiger partial charge in [-0.3, -0.25) is 4.79 Å². The summed E-state index contributed by atoms with van der Waals surface area (Å²) >= 11 is 0. The number of hydrogen-bond donors (Lipinski definition) is 1. The van der Waals surface area contributed by atoms with Gasteiger partial charge in [-0.2, -0.15) is 0 Å². The van der Waals surface area contributed by atoms with Gasteiger partial charge in [0.25, 0.3) is 0 Å². The van der Waals surface area contributed by atoms with Crippen molar-refractivity contribution < 1.29 is 9.18 Å². The Morgan fingerprint density at radius 1 is 1.29 bits per heavy atom. The summed E-state index contributed by atoms with van der Waals surface area (Å²) in [4.78, 5) is 11.0. The molecule has 1 saturated carbocycles. The van der Waals surface area contributed by atoms with Crippen LogP contribution < -0.4 is 5.32 Å². The third kappa shape index (κ3) is 3.63. The summed E-state index contributed by atoms with van der Waals surface area (Å²) in [7, 11) is 0. The molecule has 0 aromatic rings. The molecule has 3 heteroatoms. The van der Waals surface area contributed by atoms with Crippen LogP contribution in [0.15, 0.2) is 35.5 Å². The fourth-order valence-corrected chi connectivity index (χ4v) is 3.55. The molecule has 1 aliphatic rings. The van der Waals surface area contributed by atoms with Crippen molar-refractivity contribution in [3.05, 3.63) is 35.5 Å². The molecule has 3 atom stereocenters. The molecule has 1 fully saturated rings. The maximum Gasteiger partial charge on any atom is 0.207 e. The Morgan fingerprint density at radius 3 is 2.38 bits per heavy atom. The first kappa shape index (κ1) is 17.7. The highest BCUT2D eigenvalue weighted by molar-refractivity contribution is 5.53. The van der Waals surface area contributed by atoms with E-state index in [4.69, 9.17) is 0 Å². The van der Waals surface area contributed by atoms with Crippen LogP contribution in [0.4, 0.5) is 4.39 Å². The van der Waals surface area contributed by atoms with Gasteiger partial charge in [-0.05, 0) is 43.8 Å². The van der Waals surface area contributed by atoms with E-state index in [1.807, 2.05) is 45.1 Å². The van der Waals surface area contributed by atoms with E-state index < -0.39 is 5.67 Å². The fourth-order valence-electron chi connectivity index (χ4n) is 3.55. The van der Waals surface area contributed by atoms with Crippen molar-refractivity contribution in [1.82, 2.24) is 5.32 Å². The molecular formula is C18H28FNO. The number of allylic oxidation sites excluding steroid dienone is 4. The molecule has 0 aliphatic heterocycles. The lowest BCUT2D eigenvalue weighted by Crippen LogP contribution is -2.43. The normalized spacial score (nSPS) is 36.9. The molecule has 1 rings (SSSR count). The molecule has 1 amide bonds. The number of halogens is 1. The molecule has 1 N–H and O–H groups in total. The lowest BCUT2D eigenvalue weighted by atomic mass is 9.75. The van der Waals surface area contributed by atoms with E-state index in [1.165, 1.54) is 0 Å². The van der Waals surface area contributed by atoms with Crippen molar-refractivity contribution >= 4 is 6.41 Å². The van der Waals surface area contributed by atoms with Crippen molar-refractivity contribution in [2.75, 3.05) is 0 Å². The van der Waals surface area contributed by atoms with Crippen LogP contribution >= 0.6 is 0 Å². The number of carbonyl (C=O) groups is 1. The zero-order chi connectivity index (χ0) is 16.3. The smallest absolute Gasteiger partial charge is 0.207 e. The topological polar surface area (TPSA) is 29.1 Å². The highest BCUT2D eigenvalue weighted by atomic mass is 19.1. The van der Waals surface area contributed by atoms with E-state index in [2.05, 4.69) is 19.2 Å². The van der Waals surface area contributed by atoms with Gasteiger partial charge in [-0.1, -0.05) is 45.1 Å². The molecule has 0 radical (unpaired) electrons. The average molecular weight is 293 g/mol. The summed E-state index contributed by atoms with van der Waals surface area (Å²) in [5, 5.41) is 2.83. The minimum atomic E-state index is -1.34. The minimum absolute atomic E-state index is 0.279. The Kier molecular flexibility index (Phi) is 5.54. The van der Waals surface area contributed by atoms with Crippen molar-refractivity contribution in [2.45, 2.75) is 59.7 Å². The van der Waals surface area contributed by atoms with Crippen LogP contribution in [-0.4, -0.2) is 18.1 Å². The summed E-state index contributed by atoms with van der Waals surface area (Å²) in [5.41, 5.74) is 0.484. The van der Waals surface area contributed by atoms with Gasteiger partial charge in [0.1, 0.15) is 5.67 Å². The van der Waals surface area contributed by atoms with Crippen LogP contribution in [0.25, 0.3) is 0 Å². The van der Waals surface area contributed by atoms with Crippen LogP contribution in [0.2, 0.25) is 0 Å². The van der Waals surface area contributed by atoms with Gasteiger partial charge < -0.3 is 5.32 Å². The standard InChI is InChI=1S/C18H28FNO/c1-7-9-10-14-15(8-2)17(4,5)11-18(6,19)13(3)16(14)20-12-21/h7-10,12-13,16H,11H2,1-6H3,(H,20,21)/b9-7-,14-10-,15-8+. The summed E-state index contributed by atoms with van der Waals surface area (Å²) in [5.74, 6) is -0.295. The second kappa shape index (κ2) is 6.59. The van der Waals surface area contributed by atoms with Gasteiger partial charge in [0.2, 0.25) is 6.41 Å². The van der Waals surface area contributed by atoms with Crippen molar-refractivity contribution in [2.24, 2.45) is 11.3 Å². The van der Waals surface area contributed by atoms with Crippen molar-refractivity contribution in [3.63, 3.8) is 0 Å². The fraction of sp³-hybridized carbons (Fsp3) is 0.611. The predicted molar refractivity (Wildman–Crippen MR) is 86.7 cm³/mol. The van der Waals surface area contributed by atoms with E-state index >= 15 is 4.39 Å². The lowest BCUT2D eigenvalue weighted by Gasteiger charge is -2.33. The van der Waals surface area contributed by atoms with Crippen LogP contribution in [0.1, 0.15) is 48.0 Å². The van der Waals surface area contributed by atoms with E-state index in [9.17, 15) is 4.79 Å². The number of rotatable bonds is 3. The zero-order valence-electron chi connectivity index (χ0n) is 14.0. The molecule has 0 heterocycles. The molecular weight excluding hydrogens is 265 g/mol. The number of hydrogen-bond acceptors (Lipinski definition) is 1. The summed E-state index contributed by atoms with van der Waals surface area (Å²) in [6.45, 7) is 11.6. The van der Waals surface area contributed by atoms with Gasteiger partial charge in [-0.25, -0.2) is 4.39 Å². The van der Waals surface area contributed by atoms with E-state index in [0.717, 1.165) is 11.1 Å². The van der Waals surface area contributed by atoms with Crippen molar-refractivity contribution in [1.29, 1.82) is 0 Å². The molecule has 0 bridgehead atoms.